The van der Waals surface area contributed by atoms with Gasteiger partial charge in [-0.1, -0.05) is 25.1 Å². The molecule has 2 aliphatic rings. The zero-order valence-electron chi connectivity index (χ0n) is 19.0. The van der Waals surface area contributed by atoms with Gasteiger partial charge < -0.3 is 9.47 Å². The summed E-state index contributed by atoms with van der Waals surface area (Å²) in [7, 11) is 1.27. The molecule has 2 aromatic rings. The van der Waals surface area contributed by atoms with Crippen molar-refractivity contribution < 1.29 is 33.6 Å². The van der Waals surface area contributed by atoms with Crippen LogP contribution in [0.4, 0.5) is 11.4 Å². The first-order valence-electron chi connectivity index (χ1n) is 10.9. The van der Waals surface area contributed by atoms with E-state index in [0.717, 1.165) is 11.0 Å². The van der Waals surface area contributed by atoms with Crippen LogP contribution in [0, 0.1) is 27.9 Å². The summed E-state index contributed by atoms with van der Waals surface area (Å²) in [6.07, 6.45) is 4.32. The van der Waals surface area contributed by atoms with Gasteiger partial charge in [-0.25, -0.2) is 4.79 Å². The van der Waals surface area contributed by atoms with E-state index in [1.54, 1.807) is 6.07 Å². The Hall–Kier alpha value is -4.34. The molecule has 0 aromatic heterocycles. The number of carbonyl (C=O) groups excluding carboxylic acids is 4. The fraction of sp³-hybridized carbons (Fsp3) is 0.280. The van der Waals surface area contributed by atoms with Gasteiger partial charge in [0, 0.05) is 11.6 Å². The minimum Gasteiger partial charge on any atom is -0.490 e. The van der Waals surface area contributed by atoms with Crippen molar-refractivity contribution >= 4 is 34.9 Å². The quantitative estimate of drug-likeness (QED) is 0.148. The lowest BCUT2D eigenvalue weighted by Gasteiger charge is -2.22. The van der Waals surface area contributed by atoms with Gasteiger partial charge in [-0.2, -0.15) is 0 Å². The average molecular weight is 478 g/mol. The molecule has 0 bridgehead atoms. The standard InChI is InChI=1S/C25H22N2O8/c1-14-5-3-8-18-22(14)24(30)26(23(18)29)17-7-4-6-16(11-17)25(31)35-13-20(28)15-9-10-21(34-2)19(12-15)27(32)33/h3-7,9-12,14,18,22H,8,13H2,1-2H3/t14-,18-,22+/m1/s1. The molecule has 10 nitrogen and oxygen atoms in total. The first-order valence-corrected chi connectivity index (χ1v) is 10.9. The topological polar surface area (TPSA) is 133 Å². The largest absolute Gasteiger partial charge is 0.490 e. The van der Waals surface area contributed by atoms with Crippen molar-refractivity contribution in [3.05, 3.63) is 75.9 Å². The summed E-state index contributed by atoms with van der Waals surface area (Å²) in [5.74, 6) is -3.03. The van der Waals surface area contributed by atoms with Crippen LogP contribution in [-0.4, -0.2) is 42.2 Å². The van der Waals surface area contributed by atoms with Gasteiger partial charge in [0.15, 0.2) is 12.4 Å². The molecule has 4 rings (SSSR count). The molecule has 0 radical (unpaired) electrons. The van der Waals surface area contributed by atoms with Crippen LogP contribution in [0.3, 0.4) is 0 Å². The normalized spacial score (nSPS) is 21.0. The van der Waals surface area contributed by atoms with Crippen molar-refractivity contribution in [2.75, 3.05) is 18.6 Å². The van der Waals surface area contributed by atoms with E-state index in [0.29, 0.717) is 6.42 Å². The summed E-state index contributed by atoms with van der Waals surface area (Å²) in [4.78, 5) is 62.5. The number of hydrogen-bond acceptors (Lipinski definition) is 8. The number of fused-ring (bicyclic) bond motifs is 1. The molecule has 1 heterocycles. The lowest BCUT2D eigenvalue weighted by Crippen LogP contribution is -2.31. The second kappa shape index (κ2) is 9.49. The number of imide groups is 1. The molecule has 0 N–H and O–H groups in total. The molecule has 3 atom stereocenters. The van der Waals surface area contributed by atoms with E-state index >= 15 is 0 Å². The van der Waals surface area contributed by atoms with Crippen LogP contribution in [0.25, 0.3) is 0 Å². The highest BCUT2D eigenvalue weighted by Gasteiger charge is 2.50. The SMILES string of the molecule is COc1ccc(C(=O)COC(=O)c2cccc(N3C(=O)[C@H]4[C@H](C)C=CC[C@H]4C3=O)c2)cc1[N+](=O)[O-]. The molecular formula is C25H22N2O8. The van der Waals surface area contributed by atoms with Gasteiger partial charge in [0.2, 0.25) is 17.6 Å². The van der Waals surface area contributed by atoms with Gasteiger partial charge in [0.25, 0.3) is 0 Å². The lowest BCUT2D eigenvalue weighted by atomic mass is 9.78. The molecule has 1 saturated heterocycles. The molecule has 35 heavy (non-hydrogen) atoms. The van der Waals surface area contributed by atoms with Crippen LogP contribution in [-0.2, 0) is 14.3 Å². The Balaban J connectivity index is 1.47. The smallest absolute Gasteiger partial charge is 0.338 e. The van der Waals surface area contributed by atoms with Crippen LogP contribution in [0.1, 0.15) is 34.1 Å². The summed E-state index contributed by atoms with van der Waals surface area (Å²) >= 11 is 0. The van der Waals surface area contributed by atoms with Crippen molar-refractivity contribution in [1.29, 1.82) is 0 Å². The van der Waals surface area contributed by atoms with Gasteiger partial charge in [-0.15, -0.1) is 0 Å². The fourth-order valence-corrected chi connectivity index (χ4v) is 4.48. The number of benzene rings is 2. The van der Waals surface area contributed by atoms with Crippen LogP contribution in [0.15, 0.2) is 54.6 Å². The zero-order chi connectivity index (χ0) is 25.3. The number of allylic oxidation sites excluding steroid dienone is 2. The number of methoxy groups -OCH3 is 1. The number of ether oxygens (including phenoxy) is 2. The number of amides is 2. The molecule has 1 fully saturated rings. The number of Topliss-reactive ketones (excluding diaryl/α,β-unsaturated/α-hetero) is 1. The van der Waals surface area contributed by atoms with E-state index in [1.807, 2.05) is 19.1 Å². The Bertz CT molecular complexity index is 1270. The van der Waals surface area contributed by atoms with Gasteiger partial charge in [-0.3, -0.25) is 29.4 Å². The molecule has 1 aliphatic carbocycles. The van der Waals surface area contributed by atoms with Crippen molar-refractivity contribution in [1.82, 2.24) is 0 Å². The highest BCUT2D eigenvalue weighted by molar-refractivity contribution is 6.22. The molecule has 0 unspecified atom stereocenters. The summed E-state index contributed by atoms with van der Waals surface area (Å²) < 4.78 is 10.0. The number of anilines is 1. The molecule has 0 spiro atoms. The number of carbonyl (C=O) groups is 4. The van der Waals surface area contributed by atoms with Gasteiger partial charge in [-0.05, 0) is 42.7 Å². The molecule has 2 amide bonds. The maximum absolute atomic E-state index is 13.0. The minimum absolute atomic E-state index is 0.00335. The van der Waals surface area contributed by atoms with Crippen molar-refractivity contribution in [2.24, 2.45) is 17.8 Å². The third kappa shape index (κ3) is 4.42. The number of rotatable bonds is 7. The van der Waals surface area contributed by atoms with Crippen LogP contribution < -0.4 is 9.64 Å². The molecule has 0 saturated carbocycles. The summed E-state index contributed by atoms with van der Waals surface area (Å²) in [6.45, 7) is 1.24. The highest BCUT2D eigenvalue weighted by Crippen LogP contribution is 2.40. The summed E-state index contributed by atoms with van der Waals surface area (Å²) in [6, 6.07) is 9.56. The Morgan fingerprint density at radius 2 is 1.89 bits per heavy atom. The number of esters is 1. The van der Waals surface area contributed by atoms with E-state index in [4.69, 9.17) is 9.47 Å². The van der Waals surface area contributed by atoms with Crippen molar-refractivity contribution in [3.8, 4) is 5.75 Å². The van der Waals surface area contributed by atoms with E-state index < -0.39 is 35.1 Å². The van der Waals surface area contributed by atoms with Crippen LogP contribution in [0.5, 0.6) is 5.75 Å². The fourth-order valence-electron chi connectivity index (χ4n) is 4.48. The average Bonchev–Trinajstić information content (AvgIpc) is 3.12. The van der Waals surface area contributed by atoms with Crippen LogP contribution >= 0.6 is 0 Å². The minimum atomic E-state index is -0.838. The molecule has 2 aromatic carbocycles. The van der Waals surface area contributed by atoms with Gasteiger partial charge in [0.1, 0.15) is 0 Å². The van der Waals surface area contributed by atoms with Crippen LogP contribution in [0.2, 0.25) is 0 Å². The van der Waals surface area contributed by atoms with Crippen molar-refractivity contribution in [2.45, 2.75) is 13.3 Å². The number of nitro groups is 1. The van der Waals surface area contributed by atoms with E-state index in [9.17, 15) is 29.3 Å². The molecule has 180 valence electrons. The monoisotopic (exact) mass is 478 g/mol. The first-order chi connectivity index (χ1) is 16.7. The number of hydrogen-bond donors (Lipinski definition) is 0. The summed E-state index contributed by atoms with van der Waals surface area (Å²) in [5, 5.41) is 11.2. The zero-order valence-corrected chi connectivity index (χ0v) is 19.0. The summed E-state index contributed by atoms with van der Waals surface area (Å²) in [5.41, 5.74) is -0.0918. The lowest BCUT2D eigenvalue weighted by molar-refractivity contribution is -0.385. The first kappa shape index (κ1) is 23.8. The van der Waals surface area contributed by atoms with Crippen molar-refractivity contribution in [3.63, 3.8) is 0 Å². The predicted molar refractivity (Wildman–Crippen MR) is 123 cm³/mol. The third-order valence-corrected chi connectivity index (χ3v) is 6.24. The molecular weight excluding hydrogens is 456 g/mol. The van der Waals surface area contributed by atoms with Gasteiger partial charge >= 0.3 is 11.7 Å². The van der Waals surface area contributed by atoms with E-state index in [-0.39, 0.29) is 46.0 Å². The Morgan fingerprint density at radius 3 is 2.57 bits per heavy atom. The second-order valence-corrected chi connectivity index (χ2v) is 8.36. The maximum Gasteiger partial charge on any atom is 0.338 e. The number of nitrogens with zero attached hydrogens (tertiary/aromatic N) is 2. The van der Waals surface area contributed by atoms with Gasteiger partial charge in [0.05, 0.1) is 35.1 Å². The molecule has 1 aliphatic heterocycles. The van der Waals surface area contributed by atoms with E-state index in [1.165, 1.54) is 37.4 Å². The molecule has 10 heteroatoms. The Labute approximate surface area is 200 Å². The highest BCUT2D eigenvalue weighted by atomic mass is 16.6. The number of ketones is 1. The van der Waals surface area contributed by atoms with E-state index in [2.05, 4.69) is 0 Å². The number of nitro benzene ring substituents is 1. The second-order valence-electron chi connectivity index (χ2n) is 8.36. The Kier molecular flexibility index (Phi) is 6.46. The Morgan fingerprint density at radius 1 is 1.11 bits per heavy atom. The maximum atomic E-state index is 13.0. The predicted octanol–water partition coefficient (Wildman–Crippen LogP) is 3.34. The third-order valence-electron chi connectivity index (χ3n) is 6.24.